The smallest absolute Gasteiger partial charge is 0.143 e. The number of anilines is 1. The van der Waals surface area contributed by atoms with Gasteiger partial charge in [-0.25, -0.2) is 0 Å². The van der Waals surface area contributed by atoms with Gasteiger partial charge < -0.3 is 14.1 Å². The second-order valence-electron chi connectivity index (χ2n) is 3.96. The van der Waals surface area contributed by atoms with Crippen LogP contribution in [0.15, 0.2) is 45.5 Å². The van der Waals surface area contributed by atoms with Crippen LogP contribution in [0.25, 0.3) is 0 Å². The summed E-state index contributed by atoms with van der Waals surface area (Å²) < 4.78 is 12.1. The van der Waals surface area contributed by atoms with Crippen LogP contribution in [0.2, 0.25) is 0 Å². The molecule has 0 amide bonds. The SMILES string of the molecule is Brc1ccc2c(c1)OCCN2Cc1ccco1. The van der Waals surface area contributed by atoms with Crippen molar-refractivity contribution >= 4 is 21.6 Å². The van der Waals surface area contributed by atoms with Crippen LogP contribution in [0.4, 0.5) is 5.69 Å². The number of rotatable bonds is 2. The summed E-state index contributed by atoms with van der Waals surface area (Å²) in [5, 5.41) is 0. The van der Waals surface area contributed by atoms with Crippen LogP contribution >= 0.6 is 15.9 Å². The second kappa shape index (κ2) is 4.45. The Balaban J connectivity index is 1.89. The van der Waals surface area contributed by atoms with Gasteiger partial charge in [-0.05, 0) is 30.3 Å². The topological polar surface area (TPSA) is 25.6 Å². The third-order valence-electron chi connectivity index (χ3n) is 2.81. The van der Waals surface area contributed by atoms with Crippen molar-refractivity contribution in [3.8, 4) is 5.75 Å². The van der Waals surface area contributed by atoms with Gasteiger partial charge in [0.05, 0.1) is 25.0 Å². The number of halogens is 1. The van der Waals surface area contributed by atoms with Crippen LogP contribution in [0.3, 0.4) is 0 Å². The summed E-state index contributed by atoms with van der Waals surface area (Å²) in [7, 11) is 0. The Morgan fingerprint density at radius 2 is 2.24 bits per heavy atom. The van der Waals surface area contributed by atoms with Gasteiger partial charge in [-0.3, -0.25) is 0 Å². The maximum Gasteiger partial charge on any atom is 0.143 e. The van der Waals surface area contributed by atoms with Crippen molar-refractivity contribution in [1.82, 2.24) is 0 Å². The van der Waals surface area contributed by atoms with Crippen LogP contribution in [-0.2, 0) is 6.54 Å². The van der Waals surface area contributed by atoms with Crippen molar-refractivity contribution in [1.29, 1.82) is 0 Å². The van der Waals surface area contributed by atoms with Gasteiger partial charge in [0.15, 0.2) is 0 Å². The molecule has 3 nitrogen and oxygen atoms in total. The minimum Gasteiger partial charge on any atom is -0.490 e. The van der Waals surface area contributed by atoms with Gasteiger partial charge in [0.1, 0.15) is 18.1 Å². The zero-order valence-electron chi connectivity index (χ0n) is 9.23. The number of benzene rings is 1. The first-order chi connectivity index (χ1) is 8.33. The minimum absolute atomic E-state index is 0.712. The largest absolute Gasteiger partial charge is 0.490 e. The molecule has 4 heteroatoms. The highest BCUT2D eigenvalue weighted by atomic mass is 79.9. The predicted octanol–water partition coefficient (Wildman–Crippen LogP) is 3.44. The van der Waals surface area contributed by atoms with E-state index in [1.807, 2.05) is 24.3 Å². The Morgan fingerprint density at radius 3 is 3.06 bits per heavy atom. The molecule has 1 aromatic heterocycles. The Hall–Kier alpha value is -1.42. The molecule has 1 aromatic carbocycles. The van der Waals surface area contributed by atoms with E-state index in [-0.39, 0.29) is 0 Å². The van der Waals surface area contributed by atoms with Gasteiger partial charge >= 0.3 is 0 Å². The first-order valence-corrected chi connectivity index (χ1v) is 6.32. The van der Waals surface area contributed by atoms with Crippen LogP contribution in [0.1, 0.15) is 5.76 Å². The molecule has 3 rings (SSSR count). The number of furan rings is 1. The molecular formula is C13H12BrNO2. The summed E-state index contributed by atoms with van der Waals surface area (Å²) in [4.78, 5) is 2.27. The summed E-state index contributed by atoms with van der Waals surface area (Å²) in [6.07, 6.45) is 1.71. The van der Waals surface area contributed by atoms with Gasteiger partial charge in [-0.15, -0.1) is 0 Å². The van der Waals surface area contributed by atoms with E-state index in [9.17, 15) is 0 Å². The van der Waals surface area contributed by atoms with E-state index in [2.05, 4.69) is 26.9 Å². The van der Waals surface area contributed by atoms with Crippen LogP contribution < -0.4 is 9.64 Å². The molecular weight excluding hydrogens is 282 g/mol. The third-order valence-corrected chi connectivity index (χ3v) is 3.30. The van der Waals surface area contributed by atoms with E-state index in [0.29, 0.717) is 6.61 Å². The normalized spacial score (nSPS) is 14.3. The molecule has 0 radical (unpaired) electrons. The molecule has 0 unspecified atom stereocenters. The minimum atomic E-state index is 0.712. The van der Waals surface area contributed by atoms with Crippen molar-refractivity contribution < 1.29 is 9.15 Å². The molecule has 0 bridgehead atoms. The third kappa shape index (κ3) is 2.17. The fourth-order valence-corrected chi connectivity index (χ4v) is 2.35. The maximum absolute atomic E-state index is 5.65. The first-order valence-electron chi connectivity index (χ1n) is 5.52. The fraction of sp³-hybridized carbons (Fsp3) is 0.231. The molecule has 0 atom stereocenters. The van der Waals surface area contributed by atoms with Crippen molar-refractivity contribution in [2.24, 2.45) is 0 Å². The van der Waals surface area contributed by atoms with Crippen molar-refractivity contribution in [3.63, 3.8) is 0 Å². The molecule has 0 saturated heterocycles. The van der Waals surface area contributed by atoms with Crippen LogP contribution in [0.5, 0.6) is 5.75 Å². The van der Waals surface area contributed by atoms with E-state index in [1.165, 1.54) is 0 Å². The molecule has 0 saturated carbocycles. The van der Waals surface area contributed by atoms with Gasteiger partial charge in [-0.1, -0.05) is 15.9 Å². The zero-order valence-corrected chi connectivity index (χ0v) is 10.8. The van der Waals surface area contributed by atoms with Crippen molar-refractivity contribution in [2.45, 2.75) is 6.54 Å². The molecule has 17 heavy (non-hydrogen) atoms. The van der Waals surface area contributed by atoms with E-state index >= 15 is 0 Å². The standard InChI is InChI=1S/C13H12BrNO2/c14-10-3-4-12-13(8-10)17-7-5-15(12)9-11-2-1-6-16-11/h1-4,6,8H,5,7,9H2. The summed E-state index contributed by atoms with van der Waals surface area (Å²) in [5.74, 6) is 1.90. The molecule has 2 heterocycles. The number of fused-ring (bicyclic) bond motifs is 1. The zero-order chi connectivity index (χ0) is 11.7. The molecule has 1 aliphatic rings. The fourth-order valence-electron chi connectivity index (χ4n) is 2.01. The van der Waals surface area contributed by atoms with Gasteiger partial charge in [0.2, 0.25) is 0 Å². The van der Waals surface area contributed by atoms with Gasteiger partial charge in [0.25, 0.3) is 0 Å². The van der Waals surface area contributed by atoms with Crippen molar-refractivity contribution in [3.05, 3.63) is 46.8 Å². The van der Waals surface area contributed by atoms with E-state index < -0.39 is 0 Å². The molecule has 0 N–H and O–H groups in total. The lowest BCUT2D eigenvalue weighted by Gasteiger charge is -2.30. The highest BCUT2D eigenvalue weighted by Gasteiger charge is 2.18. The number of nitrogens with zero attached hydrogens (tertiary/aromatic N) is 1. The molecule has 0 aliphatic carbocycles. The highest BCUT2D eigenvalue weighted by Crippen LogP contribution is 2.34. The summed E-state index contributed by atoms with van der Waals surface area (Å²) >= 11 is 3.45. The predicted molar refractivity (Wildman–Crippen MR) is 69.4 cm³/mol. The van der Waals surface area contributed by atoms with Gasteiger partial charge in [0, 0.05) is 4.47 Å². The lowest BCUT2D eigenvalue weighted by atomic mass is 10.2. The van der Waals surface area contributed by atoms with E-state index in [0.717, 1.165) is 34.8 Å². The number of hydrogen-bond donors (Lipinski definition) is 0. The highest BCUT2D eigenvalue weighted by molar-refractivity contribution is 9.10. The number of hydrogen-bond acceptors (Lipinski definition) is 3. The quantitative estimate of drug-likeness (QED) is 0.848. The monoisotopic (exact) mass is 293 g/mol. The Labute approximate surface area is 108 Å². The second-order valence-corrected chi connectivity index (χ2v) is 4.88. The van der Waals surface area contributed by atoms with Gasteiger partial charge in [-0.2, -0.15) is 0 Å². The Morgan fingerprint density at radius 1 is 1.29 bits per heavy atom. The average molecular weight is 294 g/mol. The summed E-state index contributed by atoms with van der Waals surface area (Å²) in [5.41, 5.74) is 1.12. The van der Waals surface area contributed by atoms with Crippen LogP contribution in [-0.4, -0.2) is 13.2 Å². The van der Waals surface area contributed by atoms with Crippen molar-refractivity contribution in [2.75, 3.05) is 18.1 Å². The molecule has 2 aromatic rings. The van der Waals surface area contributed by atoms with Crippen LogP contribution in [0, 0.1) is 0 Å². The lowest BCUT2D eigenvalue weighted by Crippen LogP contribution is -2.31. The molecule has 1 aliphatic heterocycles. The average Bonchev–Trinajstić information content (AvgIpc) is 2.82. The summed E-state index contributed by atoms with van der Waals surface area (Å²) in [6, 6.07) is 10.0. The molecule has 0 spiro atoms. The maximum atomic E-state index is 5.65. The molecule has 88 valence electrons. The van der Waals surface area contributed by atoms with E-state index in [1.54, 1.807) is 6.26 Å². The Kier molecular flexibility index (Phi) is 2.81. The summed E-state index contributed by atoms with van der Waals surface area (Å²) in [6.45, 7) is 2.38. The number of ether oxygens (including phenoxy) is 1. The first kappa shape index (κ1) is 10.7. The van der Waals surface area contributed by atoms with E-state index in [4.69, 9.17) is 9.15 Å². The molecule has 0 fully saturated rings. The Bertz CT molecular complexity index is 510. The lowest BCUT2D eigenvalue weighted by molar-refractivity contribution is 0.304.